The maximum absolute atomic E-state index is 11.9. The number of carbonyl (C=O) groups excluding carboxylic acids is 1. The number of likely N-dealkylation sites (tertiary alicyclic amines) is 2. The minimum Gasteiger partial charge on any atom is -0.384 e. The van der Waals surface area contributed by atoms with Crippen LogP contribution >= 0.6 is 0 Å². The van der Waals surface area contributed by atoms with Crippen molar-refractivity contribution < 1.29 is 9.53 Å². The average molecular weight is 367 g/mol. The van der Waals surface area contributed by atoms with E-state index in [0.29, 0.717) is 5.92 Å². The number of benzene rings is 2. The van der Waals surface area contributed by atoms with Gasteiger partial charge in [0.15, 0.2) is 0 Å². The molecule has 2 saturated heterocycles. The van der Waals surface area contributed by atoms with Crippen LogP contribution in [0.2, 0.25) is 0 Å². The molecule has 0 radical (unpaired) electrons. The monoisotopic (exact) mass is 366 g/mol. The van der Waals surface area contributed by atoms with Gasteiger partial charge in [0.25, 0.3) is 0 Å². The quantitative estimate of drug-likeness (QED) is 0.830. The van der Waals surface area contributed by atoms with Crippen molar-refractivity contribution in [2.45, 2.75) is 26.3 Å². The number of hydrogen-bond donors (Lipinski definition) is 0. The van der Waals surface area contributed by atoms with Gasteiger partial charge in [-0.15, -0.1) is 0 Å². The van der Waals surface area contributed by atoms with E-state index in [-0.39, 0.29) is 11.3 Å². The van der Waals surface area contributed by atoms with Crippen molar-refractivity contribution in [1.82, 2.24) is 9.80 Å². The summed E-state index contributed by atoms with van der Waals surface area (Å²) in [5.41, 5.74) is 1.64. The zero-order chi connectivity index (χ0) is 18.9. The van der Waals surface area contributed by atoms with Gasteiger partial charge in [0.1, 0.15) is 0 Å². The Bertz CT molecular complexity index is 806. The maximum Gasteiger partial charge on any atom is 0.219 e. The Morgan fingerprint density at radius 2 is 1.89 bits per heavy atom. The Morgan fingerprint density at radius 3 is 2.63 bits per heavy atom. The number of fused-ring (bicyclic) bond motifs is 1. The maximum atomic E-state index is 11.9. The van der Waals surface area contributed by atoms with E-state index in [4.69, 9.17) is 4.74 Å². The summed E-state index contributed by atoms with van der Waals surface area (Å²) in [6, 6.07) is 15.3. The average Bonchev–Trinajstić information content (AvgIpc) is 3.03. The van der Waals surface area contributed by atoms with Crippen molar-refractivity contribution >= 4 is 16.7 Å². The third-order valence-corrected chi connectivity index (χ3v) is 6.75. The van der Waals surface area contributed by atoms with E-state index in [9.17, 15) is 4.79 Å². The second-order valence-corrected chi connectivity index (χ2v) is 8.33. The Morgan fingerprint density at radius 1 is 1.15 bits per heavy atom. The number of amides is 1. The molecule has 0 aromatic heterocycles. The largest absolute Gasteiger partial charge is 0.384 e. The van der Waals surface area contributed by atoms with Gasteiger partial charge in [0.2, 0.25) is 5.91 Å². The summed E-state index contributed by atoms with van der Waals surface area (Å²) < 4.78 is 5.50. The predicted molar refractivity (Wildman–Crippen MR) is 109 cm³/mol. The number of carbonyl (C=O) groups is 1. The topological polar surface area (TPSA) is 32.8 Å². The van der Waals surface area contributed by atoms with E-state index in [1.807, 2.05) is 4.90 Å². The summed E-state index contributed by atoms with van der Waals surface area (Å²) >= 11 is 0. The number of nitrogens with zero attached hydrogens (tertiary/aromatic N) is 2. The van der Waals surface area contributed by atoms with Gasteiger partial charge in [-0.1, -0.05) is 42.5 Å². The van der Waals surface area contributed by atoms with Gasteiger partial charge in [-0.25, -0.2) is 0 Å². The molecule has 0 saturated carbocycles. The summed E-state index contributed by atoms with van der Waals surface area (Å²) in [5, 5.41) is 2.68. The van der Waals surface area contributed by atoms with Crippen LogP contribution in [-0.2, 0) is 16.1 Å². The molecule has 0 aliphatic carbocycles. The molecule has 1 atom stereocenters. The number of hydrogen-bond acceptors (Lipinski definition) is 3. The number of rotatable bonds is 4. The van der Waals surface area contributed by atoms with Crippen LogP contribution in [-0.4, -0.2) is 55.6 Å². The molecule has 2 aromatic carbocycles. The highest BCUT2D eigenvalue weighted by atomic mass is 16.5. The highest BCUT2D eigenvalue weighted by Gasteiger charge is 2.48. The molecule has 4 heteroatoms. The lowest BCUT2D eigenvalue weighted by molar-refractivity contribution is -0.128. The third-order valence-electron chi connectivity index (χ3n) is 6.75. The van der Waals surface area contributed by atoms with Gasteiger partial charge in [-0.05, 0) is 47.7 Å². The Labute approximate surface area is 162 Å². The molecule has 144 valence electrons. The zero-order valence-electron chi connectivity index (χ0n) is 16.5. The normalized spacial score (nSPS) is 22.6. The van der Waals surface area contributed by atoms with E-state index in [2.05, 4.69) is 47.4 Å². The molecule has 1 spiro atoms. The molecule has 0 N–H and O–H groups in total. The van der Waals surface area contributed by atoms with E-state index >= 15 is 0 Å². The molecule has 4 nitrogen and oxygen atoms in total. The fraction of sp³-hybridized carbons (Fsp3) is 0.522. The lowest BCUT2D eigenvalue weighted by atomic mass is 9.71. The minimum atomic E-state index is 0.200. The smallest absolute Gasteiger partial charge is 0.219 e. The number of piperidine rings is 1. The first-order valence-electron chi connectivity index (χ1n) is 10.0. The Balaban J connectivity index is 1.46. The van der Waals surface area contributed by atoms with Crippen molar-refractivity contribution in [3.63, 3.8) is 0 Å². The molecule has 2 heterocycles. The van der Waals surface area contributed by atoms with E-state index in [1.165, 1.54) is 16.3 Å². The van der Waals surface area contributed by atoms with Crippen LogP contribution in [0.15, 0.2) is 42.5 Å². The lowest BCUT2D eigenvalue weighted by Crippen LogP contribution is -2.45. The lowest BCUT2D eigenvalue weighted by Gasteiger charge is -2.42. The Kier molecular flexibility index (Phi) is 5.20. The van der Waals surface area contributed by atoms with E-state index in [1.54, 1.807) is 14.0 Å². The molecular formula is C23H30N2O2. The summed E-state index contributed by atoms with van der Waals surface area (Å²) in [6.45, 7) is 7.39. The second-order valence-electron chi connectivity index (χ2n) is 8.33. The zero-order valence-corrected chi connectivity index (χ0v) is 16.5. The Hall–Kier alpha value is -1.91. The van der Waals surface area contributed by atoms with Crippen molar-refractivity contribution in [2.75, 3.05) is 39.9 Å². The van der Waals surface area contributed by atoms with Gasteiger partial charge in [0.05, 0.1) is 6.61 Å². The van der Waals surface area contributed by atoms with Gasteiger partial charge in [-0.3, -0.25) is 9.69 Å². The predicted octanol–water partition coefficient (Wildman–Crippen LogP) is 3.55. The minimum absolute atomic E-state index is 0.200. The molecule has 2 aromatic rings. The van der Waals surface area contributed by atoms with Gasteiger partial charge < -0.3 is 9.64 Å². The fourth-order valence-electron chi connectivity index (χ4n) is 5.10. The standard InChI is InChI=1S/C23H30N2O2/c1-18(26)25-15-21(16-27-2)23(17-25)10-12-24(13-11-23)14-20-8-5-7-19-6-3-4-9-22(19)20/h3-9,21H,10-17H2,1-2H3. The van der Waals surface area contributed by atoms with Crippen LogP contribution in [0, 0.1) is 11.3 Å². The summed E-state index contributed by atoms with van der Waals surface area (Å²) in [7, 11) is 1.78. The number of methoxy groups -OCH3 is 1. The molecule has 2 fully saturated rings. The first-order valence-corrected chi connectivity index (χ1v) is 10.0. The van der Waals surface area contributed by atoms with Gasteiger partial charge in [-0.2, -0.15) is 0 Å². The fourth-order valence-corrected chi connectivity index (χ4v) is 5.10. The molecule has 0 bridgehead atoms. The molecule has 1 amide bonds. The molecule has 4 rings (SSSR count). The molecule has 1 unspecified atom stereocenters. The van der Waals surface area contributed by atoms with Gasteiger partial charge in [0, 0.05) is 39.6 Å². The van der Waals surface area contributed by atoms with Crippen molar-refractivity contribution in [1.29, 1.82) is 0 Å². The second kappa shape index (κ2) is 7.61. The van der Waals surface area contributed by atoms with Crippen LogP contribution in [0.4, 0.5) is 0 Å². The van der Waals surface area contributed by atoms with Crippen LogP contribution in [0.1, 0.15) is 25.3 Å². The SMILES string of the molecule is COCC1CN(C(C)=O)CC12CCN(Cc1cccc3ccccc13)CC2. The first-order chi connectivity index (χ1) is 13.1. The van der Waals surface area contributed by atoms with Crippen LogP contribution in [0.25, 0.3) is 10.8 Å². The molecule has 2 aliphatic heterocycles. The summed E-state index contributed by atoms with van der Waals surface area (Å²) in [4.78, 5) is 16.5. The third kappa shape index (κ3) is 3.61. The summed E-state index contributed by atoms with van der Waals surface area (Å²) in [6.07, 6.45) is 2.30. The van der Waals surface area contributed by atoms with Crippen molar-refractivity contribution in [2.24, 2.45) is 11.3 Å². The van der Waals surface area contributed by atoms with Crippen molar-refractivity contribution in [3.8, 4) is 0 Å². The first kappa shape index (κ1) is 18.5. The highest BCUT2D eigenvalue weighted by molar-refractivity contribution is 5.85. The summed E-state index contributed by atoms with van der Waals surface area (Å²) in [5.74, 6) is 0.664. The molecule has 2 aliphatic rings. The van der Waals surface area contributed by atoms with Crippen molar-refractivity contribution in [3.05, 3.63) is 48.0 Å². The molecule has 27 heavy (non-hydrogen) atoms. The van der Waals surface area contributed by atoms with Crippen LogP contribution < -0.4 is 0 Å². The van der Waals surface area contributed by atoms with Crippen LogP contribution in [0.5, 0.6) is 0 Å². The van der Waals surface area contributed by atoms with Gasteiger partial charge >= 0.3 is 0 Å². The van der Waals surface area contributed by atoms with Crippen LogP contribution in [0.3, 0.4) is 0 Å². The van der Waals surface area contributed by atoms with E-state index < -0.39 is 0 Å². The molecular weight excluding hydrogens is 336 g/mol. The highest BCUT2D eigenvalue weighted by Crippen LogP contribution is 2.45. The number of ether oxygens (including phenoxy) is 1. The van der Waals surface area contributed by atoms with E-state index in [0.717, 1.165) is 52.2 Å².